The highest BCUT2D eigenvalue weighted by molar-refractivity contribution is 7.98. The van der Waals surface area contributed by atoms with Gasteiger partial charge in [0.25, 0.3) is 0 Å². The fourth-order valence-electron chi connectivity index (χ4n) is 1.75. The Morgan fingerprint density at radius 1 is 1.20 bits per heavy atom. The molecule has 1 N–H and O–H groups in total. The topological polar surface area (TPSA) is 12.0 Å². The first-order valence-electron chi connectivity index (χ1n) is 6.24. The summed E-state index contributed by atoms with van der Waals surface area (Å²) in [5.74, 6) is 1.31. The average Bonchev–Trinajstić information content (AvgIpc) is 2.15. The lowest BCUT2D eigenvalue weighted by Gasteiger charge is -2.31. The first-order valence-corrected chi connectivity index (χ1v) is 7.64. The molecule has 1 unspecified atom stereocenters. The molecule has 1 atom stereocenters. The van der Waals surface area contributed by atoms with Crippen molar-refractivity contribution in [1.29, 1.82) is 0 Å². The zero-order valence-electron chi connectivity index (χ0n) is 11.2. The van der Waals surface area contributed by atoms with Crippen molar-refractivity contribution in [2.75, 3.05) is 18.6 Å². The van der Waals surface area contributed by atoms with Gasteiger partial charge in [-0.3, -0.25) is 0 Å². The van der Waals surface area contributed by atoms with Gasteiger partial charge in [-0.1, -0.05) is 34.1 Å². The fraction of sp³-hybridized carbons (Fsp3) is 1.00. The minimum absolute atomic E-state index is 0.397. The monoisotopic (exact) mass is 231 g/mol. The predicted molar refractivity (Wildman–Crippen MR) is 73.8 cm³/mol. The Morgan fingerprint density at radius 2 is 1.87 bits per heavy atom. The lowest BCUT2D eigenvalue weighted by atomic mass is 9.83. The van der Waals surface area contributed by atoms with Gasteiger partial charge in [0.05, 0.1) is 0 Å². The van der Waals surface area contributed by atoms with Crippen LogP contribution in [0.5, 0.6) is 0 Å². The van der Waals surface area contributed by atoms with Crippen molar-refractivity contribution in [2.45, 2.75) is 59.4 Å². The Kier molecular flexibility index (Phi) is 8.64. The molecular formula is C13H29NS. The van der Waals surface area contributed by atoms with E-state index in [4.69, 9.17) is 0 Å². The molecule has 0 rings (SSSR count). The number of unbranched alkanes of at least 4 members (excludes halogenated alkanes) is 1. The van der Waals surface area contributed by atoms with E-state index >= 15 is 0 Å². The van der Waals surface area contributed by atoms with Crippen molar-refractivity contribution in [1.82, 2.24) is 5.32 Å². The van der Waals surface area contributed by atoms with Gasteiger partial charge in [-0.05, 0) is 43.2 Å². The highest BCUT2D eigenvalue weighted by Gasteiger charge is 2.22. The van der Waals surface area contributed by atoms with E-state index in [9.17, 15) is 0 Å². The number of hydrogen-bond acceptors (Lipinski definition) is 2. The number of nitrogens with one attached hydrogen (secondary N) is 1. The standard InChI is InChI=1S/C13H29NS/c1-6-10-14-12(13(2,3)4)9-7-8-11-15-5/h12,14H,6-11H2,1-5H3. The molecule has 0 aromatic heterocycles. The first kappa shape index (κ1) is 15.3. The Bertz CT molecular complexity index is 140. The molecule has 0 radical (unpaired) electrons. The van der Waals surface area contributed by atoms with Crippen molar-refractivity contribution in [3.8, 4) is 0 Å². The van der Waals surface area contributed by atoms with Crippen LogP contribution in [0.25, 0.3) is 0 Å². The summed E-state index contributed by atoms with van der Waals surface area (Å²) in [5.41, 5.74) is 0.397. The highest BCUT2D eigenvalue weighted by atomic mass is 32.2. The predicted octanol–water partition coefficient (Wildman–Crippen LogP) is 3.93. The van der Waals surface area contributed by atoms with Crippen LogP contribution in [0.2, 0.25) is 0 Å². The Labute approximate surface area is 101 Å². The summed E-state index contributed by atoms with van der Waals surface area (Å²) in [6.45, 7) is 10.4. The van der Waals surface area contributed by atoms with Crippen LogP contribution in [0.15, 0.2) is 0 Å². The summed E-state index contributed by atoms with van der Waals surface area (Å²) in [6, 6.07) is 0.680. The van der Waals surface area contributed by atoms with Gasteiger partial charge in [0.2, 0.25) is 0 Å². The molecule has 2 heteroatoms. The molecule has 15 heavy (non-hydrogen) atoms. The molecule has 0 bridgehead atoms. The van der Waals surface area contributed by atoms with Gasteiger partial charge in [0.1, 0.15) is 0 Å². The zero-order valence-corrected chi connectivity index (χ0v) is 12.0. The van der Waals surface area contributed by atoms with Crippen molar-refractivity contribution >= 4 is 11.8 Å². The maximum absolute atomic E-state index is 3.68. The van der Waals surface area contributed by atoms with Crippen LogP contribution in [-0.4, -0.2) is 24.6 Å². The van der Waals surface area contributed by atoms with E-state index < -0.39 is 0 Å². The van der Waals surface area contributed by atoms with Crippen LogP contribution in [0.3, 0.4) is 0 Å². The molecule has 0 aliphatic carbocycles. The maximum Gasteiger partial charge on any atom is 0.0116 e. The van der Waals surface area contributed by atoms with Crippen LogP contribution >= 0.6 is 11.8 Å². The second-order valence-corrected chi connectivity index (χ2v) is 6.35. The summed E-state index contributed by atoms with van der Waals surface area (Å²) in [6.07, 6.45) is 7.47. The summed E-state index contributed by atoms with van der Waals surface area (Å²) in [5, 5.41) is 3.68. The van der Waals surface area contributed by atoms with Crippen LogP contribution < -0.4 is 5.32 Å². The molecule has 0 saturated carbocycles. The number of thioether (sulfide) groups is 1. The summed E-state index contributed by atoms with van der Waals surface area (Å²) in [4.78, 5) is 0. The van der Waals surface area contributed by atoms with Crippen molar-refractivity contribution < 1.29 is 0 Å². The molecule has 0 aliphatic heterocycles. The lowest BCUT2D eigenvalue weighted by Crippen LogP contribution is -2.40. The van der Waals surface area contributed by atoms with Gasteiger partial charge < -0.3 is 5.32 Å². The second-order valence-electron chi connectivity index (χ2n) is 5.36. The van der Waals surface area contributed by atoms with E-state index in [2.05, 4.69) is 39.3 Å². The van der Waals surface area contributed by atoms with Gasteiger partial charge >= 0.3 is 0 Å². The van der Waals surface area contributed by atoms with E-state index in [-0.39, 0.29) is 0 Å². The average molecular weight is 231 g/mol. The van der Waals surface area contributed by atoms with Gasteiger partial charge in [0, 0.05) is 6.04 Å². The molecular weight excluding hydrogens is 202 g/mol. The van der Waals surface area contributed by atoms with Gasteiger partial charge in [-0.2, -0.15) is 11.8 Å². The summed E-state index contributed by atoms with van der Waals surface area (Å²) < 4.78 is 0. The molecule has 0 spiro atoms. The van der Waals surface area contributed by atoms with Crippen molar-refractivity contribution in [3.63, 3.8) is 0 Å². The van der Waals surface area contributed by atoms with E-state index in [1.54, 1.807) is 0 Å². The second kappa shape index (κ2) is 8.46. The van der Waals surface area contributed by atoms with Gasteiger partial charge in [-0.25, -0.2) is 0 Å². The minimum atomic E-state index is 0.397. The van der Waals surface area contributed by atoms with Crippen LogP contribution in [0, 0.1) is 5.41 Å². The highest BCUT2D eigenvalue weighted by Crippen LogP contribution is 2.23. The number of hydrogen-bond donors (Lipinski definition) is 1. The summed E-state index contributed by atoms with van der Waals surface area (Å²) in [7, 11) is 0. The van der Waals surface area contributed by atoms with E-state index in [1.807, 2.05) is 11.8 Å². The molecule has 0 saturated heterocycles. The zero-order chi connectivity index (χ0) is 11.7. The molecule has 0 aromatic rings. The van der Waals surface area contributed by atoms with Crippen LogP contribution in [-0.2, 0) is 0 Å². The van der Waals surface area contributed by atoms with Gasteiger partial charge in [-0.15, -0.1) is 0 Å². The molecule has 92 valence electrons. The van der Waals surface area contributed by atoms with E-state index in [0.717, 1.165) is 6.54 Å². The largest absolute Gasteiger partial charge is 0.313 e. The smallest absolute Gasteiger partial charge is 0.0116 e. The first-order chi connectivity index (χ1) is 7.02. The molecule has 0 aliphatic rings. The quantitative estimate of drug-likeness (QED) is 0.635. The Morgan fingerprint density at radius 3 is 2.33 bits per heavy atom. The third-order valence-electron chi connectivity index (χ3n) is 2.78. The fourth-order valence-corrected chi connectivity index (χ4v) is 2.25. The van der Waals surface area contributed by atoms with E-state index in [0.29, 0.717) is 11.5 Å². The third kappa shape index (κ3) is 8.15. The molecule has 0 amide bonds. The minimum Gasteiger partial charge on any atom is -0.313 e. The van der Waals surface area contributed by atoms with Crippen LogP contribution in [0.1, 0.15) is 53.4 Å². The maximum atomic E-state index is 3.68. The molecule has 0 fully saturated rings. The molecule has 1 nitrogen and oxygen atoms in total. The SMILES string of the molecule is CCCNC(CCCCSC)C(C)(C)C. The molecule has 0 heterocycles. The normalized spacial score (nSPS) is 14.2. The molecule has 0 aromatic carbocycles. The van der Waals surface area contributed by atoms with Gasteiger partial charge in [0.15, 0.2) is 0 Å². The van der Waals surface area contributed by atoms with Crippen molar-refractivity contribution in [3.05, 3.63) is 0 Å². The summed E-state index contributed by atoms with van der Waals surface area (Å²) >= 11 is 1.96. The Hall–Kier alpha value is 0.310. The Balaban J connectivity index is 3.81. The van der Waals surface area contributed by atoms with Crippen LogP contribution in [0.4, 0.5) is 0 Å². The lowest BCUT2D eigenvalue weighted by molar-refractivity contribution is 0.251. The number of rotatable bonds is 8. The van der Waals surface area contributed by atoms with E-state index in [1.165, 1.54) is 31.4 Å². The van der Waals surface area contributed by atoms with Crippen molar-refractivity contribution in [2.24, 2.45) is 5.41 Å². The third-order valence-corrected chi connectivity index (χ3v) is 3.47.